The summed E-state index contributed by atoms with van der Waals surface area (Å²) in [5, 5.41) is 17.6. The maximum Gasteiger partial charge on any atom is 0.404 e. The Bertz CT molecular complexity index is 1070. The van der Waals surface area contributed by atoms with Crippen molar-refractivity contribution in [2.45, 2.75) is 32.4 Å². The van der Waals surface area contributed by atoms with Gasteiger partial charge in [0.15, 0.2) is 5.76 Å². The topological polar surface area (TPSA) is 106 Å². The zero-order chi connectivity index (χ0) is 21.8. The van der Waals surface area contributed by atoms with Crippen LogP contribution in [0.2, 0.25) is 0 Å². The number of nitrogens with zero attached hydrogens (tertiary/aromatic N) is 4. The Morgan fingerprint density at radius 2 is 1.87 bits per heavy atom. The van der Waals surface area contributed by atoms with Gasteiger partial charge in [-0.2, -0.15) is 4.68 Å². The van der Waals surface area contributed by atoms with Crippen LogP contribution in [0.1, 0.15) is 41.1 Å². The third-order valence-corrected chi connectivity index (χ3v) is 5.70. The maximum absolute atomic E-state index is 12.5. The van der Waals surface area contributed by atoms with Gasteiger partial charge in [-0.25, -0.2) is 0 Å². The molecular weight excluding hydrogens is 466 g/mol. The van der Waals surface area contributed by atoms with Gasteiger partial charge in [-0.3, -0.25) is 9.69 Å². The maximum atomic E-state index is 12.5. The van der Waals surface area contributed by atoms with Gasteiger partial charge < -0.3 is 19.8 Å². The number of piperidine rings is 1. The largest absolute Gasteiger partial charge is 0.454 e. The predicted octanol–water partition coefficient (Wildman–Crippen LogP) is 4.43. The van der Waals surface area contributed by atoms with Crippen molar-refractivity contribution in [3.8, 4) is 0 Å². The van der Waals surface area contributed by atoms with E-state index >= 15 is 0 Å². The second kappa shape index (κ2) is 9.44. The highest BCUT2D eigenvalue weighted by Crippen LogP contribution is 2.23. The Morgan fingerprint density at radius 1 is 1.13 bits per heavy atom. The Morgan fingerprint density at radius 3 is 2.55 bits per heavy atom. The summed E-state index contributed by atoms with van der Waals surface area (Å²) in [4.78, 5) is 25.3. The van der Waals surface area contributed by atoms with Crippen LogP contribution < -0.4 is 5.32 Å². The lowest BCUT2D eigenvalue weighted by Crippen LogP contribution is -2.29. The van der Waals surface area contributed by atoms with Crippen molar-refractivity contribution in [3.05, 3.63) is 74.3 Å². The monoisotopic (exact) mass is 487 g/mol. The normalized spacial score (nSPS) is 14.5. The summed E-state index contributed by atoms with van der Waals surface area (Å²) < 4.78 is 7.25. The van der Waals surface area contributed by atoms with E-state index in [2.05, 4.69) is 31.2 Å². The van der Waals surface area contributed by atoms with E-state index in [0.29, 0.717) is 11.4 Å². The molecule has 162 valence electrons. The van der Waals surface area contributed by atoms with Crippen molar-refractivity contribution in [1.82, 2.24) is 14.7 Å². The first-order chi connectivity index (χ1) is 15.0. The quantitative estimate of drug-likeness (QED) is 0.390. The summed E-state index contributed by atoms with van der Waals surface area (Å²) in [7, 11) is 0. The van der Waals surface area contributed by atoms with E-state index in [1.807, 2.05) is 24.3 Å². The third kappa shape index (κ3) is 5.39. The molecule has 1 saturated heterocycles. The fraction of sp³-hybridized carbons (Fsp3) is 0.333. The van der Waals surface area contributed by atoms with Crippen LogP contribution in [0.4, 0.5) is 11.5 Å². The number of halogens is 1. The molecule has 0 aliphatic carbocycles. The van der Waals surface area contributed by atoms with Crippen LogP contribution >= 0.6 is 15.9 Å². The molecule has 1 fully saturated rings. The fourth-order valence-electron chi connectivity index (χ4n) is 3.60. The first-order valence-electron chi connectivity index (χ1n) is 10.1. The van der Waals surface area contributed by atoms with Crippen LogP contribution in [0.15, 0.2) is 51.5 Å². The zero-order valence-electron chi connectivity index (χ0n) is 16.8. The molecule has 10 heteroatoms. The SMILES string of the molecule is O=C(Nc1ccc(CN2CCCCC2)cc1)c1ccc(Cn2cc(Br)c([N+](=O)[O-])n2)o1. The molecule has 1 aromatic carbocycles. The lowest BCUT2D eigenvalue weighted by Gasteiger charge is -2.26. The molecule has 0 saturated carbocycles. The van der Waals surface area contributed by atoms with Crippen LogP contribution in [0, 0.1) is 10.1 Å². The summed E-state index contributed by atoms with van der Waals surface area (Å²) >= 11 is 3.11. The molecule has 1 aliphatic heterocycles. The molecule has 31 heavy (non-hydrogen) atoms. The van der Waals surface area contributed by atoms with E-state index in [4.69, 9.17) is 4.42 Å². The van der Waals surface area contributed by atoms with Crippen molar-refractivity contribution in [2.24, 2.45) is 0 Å². The van der Waals surface area contributed by atoms with E-state index < -0.39 is 4.92 Å². The predicted molar refractivity (Wildman–Crippen MR) is 118 cm³/mol. The van der Waals surface area contributed by atoms with Gasteiger partial charge >= 0.3 is 5.82 Å². The number of carbonyl (C=O) groups excluding carboxylic acids is 1. The van der Waals surface area contributed by atoms with E-state index in [0.717, 1.165) is 19.6 Å². The number of benzene rings is 1. The minimum Gasteiger partial charge on any atom is -0.454 e. The van der Waals surface area contributed by atoms with Crippen molar-refractivity contribution in [3.63, 3.8) is 0 Å². The Balaban J connectivity index is 1.34. The smallest absolute Gasteiger partial charge is 0.404 e. The molecule has 0 radical (unpaired) electrons. The Kier molecular flexibility index (Phi) is 6.47. The van der Waals surface area contributed by atoms with Gasteiger partial charge in [0.25, 0.3) is 5.91 Å². The van der Waals surface area contributed by atoms with Crippen LogP contribution in [0.5, 0.6) is 0 Å². The summed E-state index contributed by atoms with van der Waals surface area (Å²) in [5.74, 6) is -0.00374. The van der Waals surface area contributed by atoms with Gasteiger partial charge in [0, 0.05) is 12.2 Å². The standard InChI is InChI=1S/C21H22BrN5O4/c22-18-14-26(24-20(18)27(29)30)13-17-8-9-19(31-17)21(28)23-16-6-4-15(5-7-16)12-25-10-2-1-3-11-25/h4-9,14H,1-3,10-13H2,(H,23,28). The molecule has 1 N–H and O–H groups in total. The number of likely N-dealkylation sites (tertiary alicyclic amines) is 1. The molecule has 0 spiro atoms. The Hall–Kier alpha value is -2.98. The number of nitro groups is 1. The average molecular weight is 488 g/mol. The molecule has 3 aromatic rings. The summed E-state index contributed by atoms with van der Waals surface area (Å²) in [5.41, 5.74) is 1.91. The van der Waals surface area contributed by atoms with E-state index in [1.165, 1.54) is 35.7 Å². The molecule has 2 aromatic heterocycles. The van der Waals surface area contributed by atoms with Crippen molar-refractivity contribution < 1.29 is 14.1 Å². The van der Waals surface area contributed by atoms with Crippen molar-refractivity contribution >= 4 is 33.3 Å². The summed E-state index contributed by atoms with van der Waals surface area (Å²) in [6, 6.07) is 11.1. The first kappa shape index (κ1) is 21.3. The second-order valence-corrected chi connectivity index (χ2v) is 8.36. The highest BCUT2D eigenvalue weighted by molar-refractivity contribution is 9.10. The van der Waals surface area contributed by atoms with Crippen LogP contribution in [0.3, 0.4) is 0 Å². The second-order valence-electron chi connectivity index (χ2n) is 7.51. The van der Waals surface area contributed by atoms with E-state index in [1.54, 1.807) is 12.1 Å². The molecule has 3 heterocycles. The minimum absolute atomic E-state index is 0.160. The molecule has 4 rings (SSSR count). The van der Waals surface area contributed by atoms with Gasteiger partial charge in [0.1, 0.15) is 16.8 Å². The first-order valence-corrected chi connectivity index (χ1v) is 10.9. The van der Waals surface area contributed by atoms with Crippen LogP contribution in [-0.2, 0) is 13.1 Å². The van der Waals surface area contributed by atoms with E-state index in [9.17, 15) is 14.9 Å². The molecule has 1 aliphatic rings. The highest BCUT2D eigenvalue weighted by Gasteiger charge is 2.20. The fourth-order valence-corrected chi connectivity index (χ4v) is 4.06. The van der Waals surface area contributed by atoms with Gasteiger partial charge in [0.2, 0.25) is 0 Å². The van der Waals surface area contributed by atoms with Gasteiger partial charge in [-0.15, -0.1) is 0 Å². The molecular formula is C21H22BrN5O4. The zero-order valence-corrected chi connectivity index (χ0v) is 18.4. The summed E-state index contributed by atoms with van der Waals surface area (Å²) in [6.07, 6.45) is 5.32. The minimum atomic E-state index is -0.570. The average Bonchev–Trinajstić information content (AvgIpc) is 3.37. The molecule has 1 amide bonds. The van der Waals surface area contributed by atoms with E-state index in [-0.39, 0.29) is 28.5 Å². The van der Waals surface area contributed by atoms with Gasteiger partial charge in [-0.05, 0) is 76.6 Å². The molecule has 0 bridgehead atoms. The molecule has 0 unspecified atom stereocenters. The number of nitrogens with one attached hydrogen (secondary N) is 1. The van der Waals surface area contributed by atoms with Crippen molar-refractivity contribution in [1.29, 1.82) is 0 Å². The number of aromatic nitrogens is 2. The van der Waals surface area contributed by atoms with Gasteiger partial charge in [-0.1, -0.05) is 18.6 Å². The lowest BCUT2D eigenvalue weighted by atomic mass is 10.1. The lowest BCUT2D eigenvalue weighted by molar-refractivity contribution is -0.390. The number of carbonyl (C=O) groups is 1. The number of furan rings is 1. The number of rotatable bonds is 7. The Labute approximate surface area is 187 Å². The molecule has 0 atom stereocenters. The summed E-state index contributed by atoms with van der Waals surface area (Å²) in [6.45, 7) is 3.38. The number of anilines is 1. The van der Waals surface area contributed by atoms with Crippen LogP contribution in [-0.4, -0.2) is 38.6 Å². The third-order valence-electron chi connectivity index (χ3n) is 5.14. The van der Waals surface area contributed by atoms with Gasteiger partial charge in [0.05, 0.1) is 11.3 Å². The number of hydrogen-bond donors (Lipinski definition) is 1. The van der Waals surface area contributed by atoms with Crippen LogP contribution in [0.25, 0.3) is 0 Å². The number of amides is 1. The highest BCUT2D eigenvalue weighted by atomic mass is 79.9. The molecule has 9 nitrogen and oxygen atoms in total. The number of hydrogen-bond acceptors (Lipinski definition) is 6. The van der Waals surface area contributed by atoms with Crippen molar-refractivity contribution in [2.75, 3.05) is 18.4 Å².